The van der Waals surface area contributed by atoms with Gasteiger partial charge in [0, 0.05) is 31.8 Å². The minimum absolute atomic E-state index is 0.0554. The van der Waals surface area contributed by atoms with Crippen molar-refractivity contribution >= 4 is 5.91 Å². The van der Waals surface area contributed by atoms with Crippen LogP contribution in [-0.2, 0) is 17.9 Å². The number of carbonyl (C=O) groups is 1. The minimum atomic E-state index is -0.222. The van der Waals surface area contributed by atoms with E-state index in [1.54, 1.807) is 26.4 Å². The van der Waals surface area contributed by atoms with Gasteiger partial charge in [0.2, 0.25) is 5.91 Å². The molecule has 1 heterocycles. The second-order valence-electron chi connectivity index (χ2n) is 6.72. The van der Waals surface area contributed by atoms with E-state index < -0.39 is 0 Å². The standard InChI is InChI=1S/C22H25FN2O3/c1-27-20-7-6-16(13-21(20)28-2)14-24-22(26)18-8-10-25(11-9-18)15-17-4-3-5-19(23)12-17/h3-8,12-13H,9-11,14-15H2,1-2H3,(H,24,26). The van der Waals surface area contributed by atoms with Gasteiger partial charge in [0.1, 0.15) is 5.82 Å². The lowest BCUT2D eigenvalue weighted by atomic mass is 10.1. The molecule has 0 fully saturated rings. The third-order valence-corrected chi connectivity index (χ3v) is 4.78. The summed E-state index contributed by atoms with van der Waals surface area (Å²) >= 11 is 0. The van der Waals surface area contributed by atoms with Gasteiger partial charge in [-0.25, -0.2) is 4.39 Å². The highest BCUT2D eigenvalue weighted by Gasteiger charge is 2.17. The average Bonchev–Trinajstić information content (AvgIpc) is 2.72. The quantitative estimate of drug-likeness (QED) is 0.796. The summed E-state index contributed by atoms with van der Waals surface area (Å²) in [5, 5.41) is 2.96. The molecular formula is C22H25FN2O3. The molecule has 0 aromatic heterocycles. The van der Waals surface area contributed by atoms with Gasteiger partial charge in [0.05, 0.1) is 14.2 Å². The van der Waals surface area contributed by atoms with E-state index in [4.69, 9.17) is 9.47 Å². The number of nitrogens with zero attached hydrogens (tertiary/aromatic N) is 1. The number of carbonyl (C=O) groups excluding carboxylic acids is 1. The molecule has 6 heteroatoms. The van der Waals surface area contributed by atoms with Crippen LogP contribution in [0, 0.1) is 5.82 Å². The fraction of sp³-hybridized carbons (Fsp3) is 0.318. The highest BCUT2D eigenvalue weighted by Crippen LogP contribution is 2.27. The Bertz CT molecular complexity index is 867. The summed E-state index contributed by atoms with van der Waals surface area (Å²) < 4.78 is 23.8. The predicted octanol–water partition coefficient (Wildman–Crippen LogP) is 3.29. The molecule has 148 valence electrons. The van der Waals surface area contributed by atoms with E-state index in [2.05, 4.69) is 10.2 Å². The van der Waals surface area contributed by atoms with Crippen LogP contribution in [0.5, 0.6) is 11.5 Å². The smallest absolute Gasteiger partial charge is 0.247 e. The Hall–Kier alpha value is -2.86. The first-order chi connectivity index (χ1) is 13.6. The van der Waals surface area contributed by atoms with Crippen LogP contribution < -0.4 is 14.8 Å². The fourth-order valence-electron chi connectivity index (χ4n) is 3.24. The number of hydrogen-bond acceptors (Lipinski definition) is 4. The van der Waals surface area contributed by atoms with Crippen LogP contribution in [0.4, 0.5) is 4.39 Å². The summed E-state index contributed by atoms with van der Waals surface area (Å²) in [5.41, 5.74) is 2.67. The summed E-state index contributed by atoms with van der Waals surface area (Å²) in [4.78, 5) is 14.6. The van der Waals surface area contributed by atoms with E-state index in [9.17, 15) is 9.18 Å². The largest absolute Gasteiger partial charge is 0.493 e. The van der Waals surface area contributed by atoms with E-state index in [-0.39, 0.29) is 11.7 Å². The predicted molar refractivity (Wildman–Crippen MR) is 106 cm³/mol. The Kier molecular flexibility index (Phi) is 6.66. The van der Waals surface area contributed by atoms with Crippen LogP contribution in [0.1, 0.15) is 17.5 Å². The first-order valence-corrected chi connectivity index (χ1v) is 9.24. The average molecular weight is 384 g/mol. The zero-order valence-corrected chi connectivity index (χ0v) is 16.2. The molecule has 0 saturated carbocycles. The fourth-order valence-corrected chi connectivity index (χ4v) is 3.24. The number of halogens is 1. The molecule has 0 atom stereocenters. The monoisotopic (exact) mass is 384 g/mol. The molecule has 0 radical (unpaired) electrons. The van der Waals surface area contributed by atoms with Crippen LogP contribution in [0.3, 0.4) is 0 Å². The van der Waals surface area contributed by atoms with Gasteiger partial charge < -0.3 is 14.8 Å². The SMILES string of the molecule is COc1ccc(CNC(=O)C2=CCN(Cc3cccc(F)c3)CC2)cc1OC. The van der Waals surface area contributed by atoms with Gasteiger partial charge in [0.25, 0.3) is 0 Å². The van der Waals surface area contributed by atoms with Crippen molar-refractivity contribution < 1.29 is 18.7 Å². The Morgan fingerprint density at radius 3 is 2.61 bits per heavy atom. The van der Waals surface area contributed by atoms with Gasteiger partial charge in [-0.05, 0) is 41.8 Å². The third kappa shape index (κ3) is 5.10. The minimum Gasteiger partial charge on any atom is -0.493 e. The zero-order valence-electron chi connectivity index (χ0n) is 16.2. The van der Waals surface area contributed by atoms with Gasteiger partial charge in [-0.15, -0.1) is 0 Å². The summed E-state index contributed by atoms with van der Waals surface area (Å²) in [5.74, 6) is 1.02. The summed E-state index contributed by atoms with van der Waals surface area (Å²) in [6.45, 7) is 2.54. The molecule has 5 nitrogen and oxygen atoms in total. The summed E-state index contributed by atoms with van der Waals surface area (Å²) in [6, 6.07) is 12.2. The molecule has 1 N–H and O–H groups in total. The zero-order chi connectivity index (χ0) is 19.9. The topological polar surface area (TPSA) is 50.8 Å². The number of benzene rings is 2. The first kappa shape index (κ1) is 19.9. The second-order valence-corrected chi connectivity index (χ2v) is 6.72. The number of hydrogen-bond donors (Lipinski definition) is 1. The lowest BCUT2D eigenvalue weighted by Crippen LogP contribution is -2.33. The second kappa shape index (κ2) is 9.37. The molecule has 0 aliphatic carbocycles. The lowest BCUT2D eigenvalue weighted by molar-refractivity contribution is -0.117. The molecule has 0 bridgehead atoms. The Balaban J connectivity index is 1.52. The van der Waals surface area contributed by atoms with Crippen molar-refractivity contribution in [1.82, 2.24) is 10.2 Å². The van der Waals surface area contributed by atoms with Gasteiger partial charge >= 0.3 is 0 Å². The molecule has 1 aliphatic rings. The molecule has 3 rings (SSSR count). The van der Waals surface area contributed by atoms with E-state index in [0.29, 0.717) is 37.6 Å². The van der Waals surface area contributed by atoms with Crippen molar-refractivity contribution in [3.63, 3.8) is 0 Å². The molecule has 1 aliphatic heterocycles. The van der Waals surface area contributed by atoms with E-state index in [1.807, 2.05) is 30.3 Å². The maximum absolute atomic E-state index is 13.3. The van der Waals surface area contributed by atoms with Gasteiger partial charge in [-0.2, -0.15) is 0 Å². The first-order valence-electron chi connectivity index (χ1n) is 9.24. The normalized spacial score (nSPS) is 14.3. The molecule has 28 heavy (non-hydrogen) atoms. The van der Waals surface area contributed by atoms with E-state index in [1.165, 1.54) is 6.07 Å². The number of nitrogens with one attached hydrogen (secondary N) is 1. The van der Waals surface area contributed by atoms with Crippen LogP contribution in [0.25, 0.3) is 0 Å². The van der Waals surface area contributed by atoms with Crippen LogP contribution in [0.15, 0.2) is 54.1 Å². The van der Waals surface area contributed by atoms with E-state index >= 15 is 0 Å². The van der Waals surface area contributed by atoms with Crippen molar-refractivity contribution in [2.75, 3.05) is 27.3 Å². The van der Waals surface area contributed by atoms with Crippen molar-refractivity contribution in [2.24, 2.45) is 0 Å². The molecule has 0 unspecified atom stereocenters. The van der Waals surface area contributed by atoms with Gasteiger partial charge in [0.15, 0.2) is 11.5 Å². The van der Waals surface area contributed by atoms with Crippen molar-refractivity contribution in [3.8, 4) is 11.5 Å². The van der Waals surface area contributed by atoms with Gasteiger partial charge in [-0.3, -0.25) is 9.69 Å². The molecule has 1 amide bonds. The Morgan fingerprint density at radius 2 is 1.93 bits per heavy atom. The molecular weight excluding hydrogens is 359 g/mol. The number of methoxy groups -OCH3 is 2. The van der Waals surface area contributed by atoms with Crippen LogP contribution in [-0.4, -0.2) is 38.1 Å². The van der Waals surface area contributed by atoms with Crippen LogP contribution >= 0.6 is 0 Å². The maximum atomic E-state index is 13.3. The Morgan fingerprint density at radius 1 is 1.11 bits per heavy atom. The summed E-state index contributed by atoms with van der Waals surface area (Å²) in [6.07, 6.45) is 2.62. The molecule has 0 saturated heterocycles. The molecule has 2 aromatic carbocycles. The number of ether oxygens (including phenoxy) is 2. The highest BCUT2D eigenvalue weighted by molar-refractivity contribution is 5.93. The maximum Gasteiger partial charge on any atom is 0.247 e. The molecule has 2 aromatic rings. The summed E-state index contributed by atoms with van der Waals surface area (Å²) in [7, 11) is 3.18. The van der Waals surface area contributed by atoms with Crippen molar-refractivity contribution in [3.05, 3.63) is 71.1 Å². The van der Waals surface area contributed by atoms with Crippen molar-refractivity contribution in [2.45, 2.75) is 19.5 Å². The molecule has 0 spiro atoms. The van der Waals surface area contributed by atoms with Crippen molar-refractivity contribution in [1.29, 1.82) is 0 Å². The number of amides is 1. The van der Waals surface area contributed by atoms with Crippen LogP contribution in [0.2, 0.25) is 0 Å². The number of rotatable bonds is 7. The Labute approximate surface area is 164 Å². The third-order valence-electron chi connectivity index (χ3n) is 4.78. The van der Waals surface area contributed by atoms with Gasteiger partial charge in [-0.1, -0.05) is 24.3 Å². The van der Waals surface area contributed by atoms with E-state index in [0.717, 1.165) is 23.2 Å². The highest BCUT2D eigenvalue weighted by atomic mass is 19.1. The lowest BCUT2D eigenvalue weighted by Gasteiger charge is -2.26.